The first-order chi connectivity index (χ1) is 10.9. The molecule has 1 amide bonds. The Bertz CT molecular complexity index is 738. The predicted molar refractivity (Wildman–Crippen MR) is 86.0 cm³/mol. The summed E-state index contributed by atoms with van der Waals surface area (Å²) < 4.78 is 10.8. The molecule has 0 aromatic heterocycles. The minimum Gasteiger partial charge on any atom is -0.545 e. The summed E-state index contributed by atoms with van der Waals surface area (Å²) in [6.45, 7) is 0. The van der Waals surface area contributed by atoms with Crippen molar-refractivity contribution < 1.29 is 24.2 Å². The number of carbonyl (C=O) groups is 2. The number of nitrogens with one attached hydrogen (secondary N) is 1. The van der Waals surface area contributed by atoms with Gasteiger partial charge in [0.05, 0.1) is 25.9 Å². The van der Waals surface area contributed by atoms with E-state index in [9.17, 15) is 14.7 Å². The molecule has 120 valence electrons. The molecule has 0 saturated carbocycles. The van der Waals surface area contributed by atoms with Gasteiger partial charge in [-0.05, 0) is 30.3 Å². The lowest BCUT2D eigenvalue weighted by Crippen LogP contribution is -2.25. The number of carboxylic acid groups (broad SMARTS) is 1. The highest BCUT2D eigenvalue weighted by Gasteiger charge is 2.13. The summed E-state index contributed by atoms with van der Waals surface area (Å²) in [6.07, 6.45) is 0. The molecule has 2 rings (SSSR count). The zero-order valence-corrected chi connectivity index (χ0v) is 14.0. The molecule has 0 bridgehead atoms. The number of ether oxygens (including phenoxy) is 2. The average Bonchev–Trinajstić information content (AvgIpc) is 2.55. The molecule has 0 aliphatic rings. The van der Waals surface area contributed by atoms with E-state index in [-0.39, 0.29) is 16.8 Å². The van der Waals surface area contributed by atoms with E-state index in [1.54, 1.807) is 12.1 Å². The lowest BCUT2D eigenvalue weighted by atomic mass is 10.1. The Balaban J connectivity index is 2.34. The Morgan fingerprint density at radius 2 is 1.65 bits per heavy atom. The zero-order valence-electron chi connectivity index (χ0n) is 12.4. The summed E-state index contributed by atoms with van der Waals surface area (Å²) in [5, 5.41) is 13.7. The third-order valence-electron chi connectivity index (χ3n) is 3.06. The van der Waals surface area contributed by atoms with Crippen molar-refractivity contribution in [2.75, 3.05) is 19.5 Å². The average molecular weight is 379 g/mol. The van der Waals surface area contributed by atoms with Crippen LogP contribution in [0.1, 0.15) is 20.7 Å². The topological polar surface area (TPSA) is 87.7 Å². The number of aromatic carboxylic acids is 1. The highest BCUT2D eigenvalue weighted by molar-refractivity contribution is 9.10. The van der Waals surface area contributed by atoms with Crippen molar-refractivity contribution >= 4 is 33.5 Å². The number of benzene rings is 2. The Morgan fingerprint density at radius 1 is 1.04 bits per heavy atom. The number of amides is 1. The van der Waals surface area contributed by atoms with Gasteiger partial charge >= 0.3 is 0 Å². The monoisotopic (exact) mass is 378 g/mol. The maximum Gasteiger partial charge on any atom is 0.255 e. The summed E-state index contributed by atoms with van der Waals surface area (Å²) in [5.74, 6) is -0.979. The SMILES string of the molecule is COc1cc(OC)cc(C(=O)Nc2ccc(Br)cc2C(=O)[O-])c1. The van der Waals surface area contributed by atoms with Gasteiger partial charge in [0.25, 0.3) is 5.91 Å². The van der Waals surface area contributed by atoms with Gasteiger partial charge in [-0.3, -0.25) is 4.79 Å². The van der Waals surface area contributed by atoms with Gasteiger partial charge in [0.15, 0.2) is 0 Å². The second kappa shape index (κ2) is 7.15. The molecule has 1 N–H and O–H groups in total. The van der Waals surface area contributed by atoms with E-state index in [0.29, 0.717) is 16.0 Å². The Labute approximate surface area is 141 Å². The fourth-order valence-electron chi connectivity index (χ4n) is 1.93. The van der Waals surface area contributed by atoms with Crippen LogP contribution < -0.4 is 19.9 Å². The van der Waals surface area contributed by atoms with Crippen LogP contribution in [0, 0.1) is 0 Å². The molecule has 0 atom stereocenters. The number of hydrogen-bond acceptors (Lipinski definition) is 5. The smallest absolute Gasteiger partial charge is 0.255 e. The number of carbonyl (C=O) groups excluding carboxylic acids is 2. The van der Waals surface area contributed by atoms with Crippen LogP contribution in [-0.2, 0) is 0 Å². The minimum absolute atomic E-state index is 0.123. The molecular weight excluding hydrogens is 366 g/mol. The summed E-state index contributed by atoms with van der Waals surface area (Å²) in [6, 6.07) is 9.13. The third kappa shape index (κ3) is 4.01. The van der Waals surface area contributed by atoms with Crippen molar-refractivity contribution in [3.8, 4) is 11.5 Å². The van der Waals surface area contributed by atoms with Crippen LogP contribution in [0.15, 0.2) is 40.9 Å². The molecule has 0 fully saturated rings. The molecule has 0 aliphatic carbocycles. The first kappa shape index (κ1) is 16.8. The van der Waals surface area contributed by atoms with Crippen molar-refractivity contribution in [1.29, 1.82) is 0 Å². The zero-order chi connectivity index (χ0) is 17.0. The molecule has 0 spiro atoms. The normalized spacial score (nSPS) is 10.0. The highest BCUT2D eigenvalue weighted by Crippen LogP contribution is 2.25. The molecule has 23 heavy (non-hydrogen) atoms. The van der Waals surface area contributed by atoms with E-state index in [0.717, 1.165) is 0 Å². The highest BCUT2D eigenvalue weighted by atomic mass is 79.9. The lowest BCUT2D eigenvalue weighted by Gasteiger charge is -2.13. The largest absolute Gasteiger partial charge is 0.545 e. The standard InChI is InChI=1S/C16H14BrNO5/c1-22-11-5-9(6-12(8-11)23-2)15(19)18-14-4-3-10(17)7-13(14)16(20)21/h3-8H,1-2H3,(H,18,19)(H,20,21)/p-1. The molecule has 7 heteroatoms. The van der Waals surface area contributed by atoms with Crippen molar-refractivity contribution in [1.82, 2.24) is 0 Å². The van der Waals surface area contributed by atoms with Crippen LogP contribution in [0.25, 0.3) is 0 Å². The second-order valence-electron chi connectivity index (χ2n) is 4.53. The summed E-state index contributed by atoms with van der Waals surface area (Å²) in [4.78, 5) is 23.5. The summed E-state index contributed by atoms with van der Waals surface area (Å²) in [5.41, 5.74) is 0.288. The maximum atomic E-state index is 12.4. The molecule has 2 aromatic carbocycles. The van der Waals surface area contributed by atoms with Crippen LogP contribution in [-0.4, -0.2) is 26.1 Å². The maximum absolute atomic E-state index is 12.4. The van der Waals surface area contributed by atoms with Crippen molar-refractivity contribution in [3.05, 3.63) is 52.0 Å². The third-order valence-corrected chi connectivity index (χ3v) is 3.56. The van der Waals surface area contributed by atoms with Gasteiger partial charge < -0.3 is 24.7 Å². The van der Waals surface area contributed by atoms with Crippen molar-refractivity contribution in [3.63, 3.8) is 0 Å². The van der Waals surface area contributed by atoms with Crippen LogP contribution in [0.3, 0.4) is 0 Å². The lowest BCUT2D eigenvalue weighted by molar-refractivity contribution is -0.254. The Hall–Kier alpha value is -2.54. The minimum atomic E-state index is -1.38. The van der Waals surface area contributed by atoms with Gasteiger partial charge in [-0.2, -0.15) is 0 Å². The van der Waals surface area contributed by atoms with Gasteiger partial charge in [-0.1, -0.05) is 15.9 Å². The van der Waals surface area contributed by atoms with Gasteiger partial charge in [0.2, 0.25) is 0 Å². The van der Waals surface area contributed by atoms with E-state index in [2.05, 4.69) is 21.2 Å². The Kier molecular flexibility index (Phi) is 5.23. The number of methoxy groups -OCH3 is 2. The first-order valence-corrected chi connectivity index (χ1v) is 7.29. The number of hydrogen-bond donors (Lipinski definition) is 1. The number of anilines is 1. The molecule has 0 heterocycles. The van der Waals surface area contributed by atoms with Gasteiger partial charge in [-0.25, -0.2) is 0 Å². The molecule has 2 aromatic rings. The summed E-state index contributed by atoms with van der Waals surface area (Å²) in [7, 11) is 2.94. The number of carboxylic acids is 1. The Morgan fingerprint density at radius 3 is 2.17 bits per heavy atom. The fraction of sp³-hybridized carbons (Fsp3) is 0.125. The number of halogens is 1. The van der Waals surface area contributed by atoms with Crippen LogP contribution >= 0.6 is 15.9 Å². The second-order valence-corrected chi connectivity index (χ2v) is 5.45. The number of rotatable bonds is 5. The predicted octanol–water partition coefficient (Wildman–Crippen LogP) is 2.08. The van der Waals surface area contributed by atoms with E-state index in [4.69, 9.17) is 9.47 Å². The van der Waals surface area contributed by atoms with Gasteiger partial charge in [0.1, 0.15) is 11.5 Å². The van der Waals surface area contributed by atoms with E-state index in [1.165, 1.54) is 38.5 Å². The van der Waals surface area contributed by atoms with Crippen LogP contribution in [0.4, 0.5) is 5.69 Å². The molecule has 0 aliphatic heterocycles. The van der Waals surface area contributed by atoms with Gasteiger partial charge in [0, 0.05) is 21.7 Å². The molecule has 0 saturated heterocycles. The quantitative estimate of drug-likeness (QED) is 0.860. The van der Waals surface area contributed by atoms with Crippen LogP contribution in [0.5, 0.6) is 11.5 Å². The molecule has 0 unspecified atom stereocenters. The molecular formula is C16H13BrNO5-. The molecule has 6 nitrogen and oxygen atoms in total. The van der Waals surface area contributed by atoms with E-state index >= 15 is 0 Å². The fourth-order valence-corrected chi connectivity index (χ4v) is 2.29. The van der Waals surface area contributed by atoms with E-state index < -0.39 is 11.9 Å². The first-order valence-electron chi connectivity index (χ1n) is 6.50. The van der Waals surface area contributed by atoms with E-state index in [1.807, 2.05) is 0 Å². The van der Waals surface area contributed by atoms with Crippen molar-refractivity contribution in [2.24, 2.45) is 0 Å². The van der Waals surface area contributed by atoms with Crippen LogP contribution in [0.2, 0.25) is 0 Å². The summed E-state index contributed by atoms with van der Waals surface area (Å²) >= 11 is 3.18. The van der Waals surface area contributed by atoms with Gasteiger partial charge in [-0.15, -0.1) is 0 Å². The van der Waals surface area contributed by atoms with Crippen molar-refractivity contribution in [2.45, 2.75) is 0 Å². The molecule has 0 radical (unpaired) electrons.